The molecule has 7 N–H and O–H groups in total. The van der Waals surface area contributed by atoms with E-state index < -0.39 is 36.4 Å². The van der Waals surface area contributed by atoms with Crippen LogP contribution in [0.2, 0.25) is 0 Å². The molecule has 2 aromatic carbocycles. The van der Waals surface area contributed by atoms with Crippen molar-refractivity contribution in [3.05, 3.63) is 88.0 Å². The number of carboxylic acids is 1. The SMILES string of the molecule is CCCCC[C@H](O)C=CC1=C(C[C@H](O)CO)[C@H](CCCCCCC(=O)O)N[C@@H]([C@](C)(O)c2cccc(O)c2)CC#Cc2c(CC)cccc2CC1. The van der Waals surface area contributed by atoms with Gasteiger partial charge in [-0.15, -0.1) is 0 Å². The largest absolute Gasteiger partial charge is 0.508 e. The molecule has 2 aromatic rings. The Morgan fingerprint density at radius 2 is 1.80 bits per heavy atom. The topological polar surface area (TPSA) is 150 Å². The maximum atomic E-state index is 12.3. The number of aromatic hydroxyl groups is 1. The summed E-state index contributed by atoms with van der Waals surface area (Å²) in [5.41, 5.74) is 4.16. The molecule has 3 rings (SSSR count). The standard InChI is InChI=1S/C43H61NO7/c1-4-6-9-18-35(46)27-26-33-25-24-32-16-12-15-31(5-2)38(32)20-14-22-41(43(3,51)34-17-13-19-36(47)28-34)44-40(39(33)29-37(48)30-45)21-10-7-8-11-23-42(49)50/h12-13,15-17,19,26-28,35,37,40-41,44-48,51H,4-11,18,21-25,29-30H2,1-3H3,(H,49,50)/t35-,37-,40-,41+,43+/m0/s1. The summed E-state index contributed by atoms with van der Waals surface area (Å²) in [4.78, 5) is 11.1. The van der Waals surface area contributed by atoms with Crippen molar-refractivity contribution in [1.82, 2.24) is 5.32 Å². The maximum Gasteiger partial charge on any atom is 0.303 e. The summed E-state index contributed by atoms with van der Waals surface area (Å²) < 4.78 is 0. The van der Waals surface area contributed by atoms with E-state index in [2.05, 4.69) is 49.2 Å². The number of benzene rings is 2. The summed E-state index contributed by atoms with van der Waals surface area (Å²) in [6, 6.07) is 11.9. The summed E-state index contributed by atoms with van der Waals surface area (Å²) in [6.07, 6.45) is 12.1. The molecule has 1 aliphatic heterocycles. The Morgan fingerprint density at radius 3 is 2.51 bits per heavy atom. The van der Waals surface area contributed by atoms with Crippen molar-refractivity contribution >= 4 is 5.97 Å². The van der Waals surface area contributed by atoms with Gasteiger partial charge in [0.25, 0.3) is 0 Å². The van der Waals surface area contributed by atoms with Gasteiger partial charge in [-0.1, -0.05) is 107 Å². The second-order valence-electron chi connectivity index (χ2n) is 14.1. The third kappa shape index (κ3) is 13.6. The maximum absolute atomic E-state index is 12.3. The number of unbranched alkanes of at least 4 members (excludes halogenated alkanes) is 5. The van der Waals surface area contributed by atoms with Crippen LogP contribution in [0.3, 0.4) is 0 Å². The molecule has 0 radical (unpaired) electrons. The van der Waals surface area contributed by atoms with Crippen molar-refractivity contribution in [2.45, 2.75) is 147 Å². The lowest BCUT2D eigenvalue weighted by Crippen LogP contribution is -2.51. The predicted octanol–water partition coefficient (Wildman–Crippen LogP) is 6.84. The minimum absolute atomic E-state index is 0.0445. The number of aliphatic carboxylic acids is 1. The van der Waals surface area contributed by atoms with Gasteiger partial charge in [-0.05, 0) is 91.8 Å². The van der Waals surface area contributed by atoms with Crippen LogP contribution in [0.5, 0.6) is 5.75 Å². The van der Waals surface area contributed by atoms with Crippen LogP contribution in [0.15, 0.2) is 65.8 Å². The second-order valence-corrected chi connectivity index (χ2v) is 14.1. The van der Waals surface area contributed by atoms with Crippen LogP contribution in [0.4, 0.5) is 0 Å². The molecule has 0 spiro atoms. The molecule has 0 aromatic heterocycles. The molecule has 0 amide bonds. The zero-order valence-electron chi connectivity index (χ0n) is 30.9. The monoisotopic (exact) mass is 703 g/mol. The Kier molecular flexibility index (Phi) is 17.9. The number of fused-ring (bicyclic) bond motifs is 1. The number of hydrogen-bond acceptors (Lipinski definition) is 7. The highest BCUT2D eigenvalue weighted by molar-refractivity contribution is 5.66. The first-order valence-corrected chi connectivity index (χ1v) is 19.0. The van der Waals surface area contributed by atoms with Gasteiger partial charge >= 0.3 is 5.97 Å². The van der Waals surface area contributed by atoms with Crippen LogP contribution >= 0.6 is 0 Å². The van der Waals surface area contributed by atoms with E-state index in [9.17, 15) is 30.3 Å². The van der Waals surface area contributed by atoms with Crippen LogP contribution in [-0.4, -0.2) is 67.5 Å². The minimum Gasteiger partial charge on any atom is -0.508 e. The average molecular weight is 704 g/mol. The van der Waals surface area contributed by atoms with Crippen LogP contribution in [0, 0.1) is 11.8 Å². The highest BCUT2D eigenvalue weighted by atomic mass is 16.4. The number of carbonyl (C=O) groups is 1. The number of aliphatic hydroxyl groups excluding tert-OH is 3. The first-order valence-electron chi connectivity index (χ1n) is 19.0. The van der Waals surface area contributed by atoms with Crippen molar-refractivity contribution < 1.29 is 35.4 Å². The van der Waals surface area contributed by atoms with E-state index in [0.29, 0.717) is 37.7 Å². The second kappa shape index (κ2) is 21.8. The number of phenols is 1. The molecule has 0 aliphatic carbocycles. The quantitative estimate of drug-likeness (QED) is 0.0621. The summed E-state index contributed by atoms with van der Waals surface area (Å²) in [7, 11) is 0. The van der Waals surface area contributed by atoms with E-state index in [0.717, 1.165) is 72.8 Å². The predicted molar refractivity (Wildman–Crippen MR) is 203 cm³/mol. The molecular formula is C43H61NO7. The number of hydrogen-bond donors (Lipinski definition) is 7. The molecule has 5 atom stereocenters. The zero-order chi connectivity index (χ0) is 37.2. The Morgan fingerprint density at radius 1 is 1.04 bits per heavy atom. The normalized spacial score (nSPS) is 19.3. The number of rotatable bonds is 19. The Balaban J connectivity index is 2.21. The van der Waals surface area contributed by atoms with Gasteiger partial charge < -0.3 is 36.0 Å². The average Bonchev–Trinajstić information content (AvgIpc) is 3.10. The molecule has 8 heteroatoms. The highest BCUT2D eigenvalue weighted by Crippen LogP contribution is 2.33. The van der Waals surface area contributed by atoms with E-state index >= 15 is 0 Å². The third-order valence-corrected chi connectivity index (χ3v) is 10.1. The molecule has 1 heterocycles. The molecule has 1 aliphatic rings. The molecule has 0 bridgehead atoms. The fraction of sp³-hybridized carbons (Fsp3) is 0.558. The molecule has 8 nitrogen and oxygen atoms in total. The lowest BCUT2D eigenvalue weighted by molar-refractivity contribution is -0.137. The Hall–Kier alpha value is -3.45. The van der Waals surface area contributed by atoms with Gasteiger partial charge in [0.05, 0.1) is 24.9 Å². The van der Waals surface area contributed by atoms with E-state index in [1.807, 2.05) is 12.2 Å². The van der Waals surface area contributed by atoms with E-state index in [1.54, 1.807) is 31.2 Å². The lowest BCUT2D eigenvalue weighted by Gasteiger charge is -2.38. The number of carboxylic acid groups (broad SMARTS) is 1. The van der Waals surface area contributed by atoms with Crippen LogP contribution in [0.25, 0.3) is 0 Å². The lowest BCUT2D eigenvalue weighted by atomic mass is 9.82. The molecule has 0 unspecified atom stereocenters. The van der Waals surface area contributed by atoms with Crippen molar-refractivity contribution in [3.8, 4) is 17.6 Å². The van der Waals surface area contributed by atoms with Crippen molar-refractivity contribution in [2.24, 2.45) is 0 Å². The van der Waals surface area contributed by atoms with Gasteiger partial charge in [0.15, 0.2) is 0 Å². The van der Waals surface area contributed by atoms with Crippen LogP contribution < -0.4 is 5.32 Å². The molecular weight excluding hydrogens is 642 g/mol. The zero-order valence-corrected chi connectivity index (χ0v) is 30.9. The fourth-order valence-corrected chi connectivity index (χ4v) is 6.94. The van der Waals surface area contributed by atoms with Crippen molar-refractivity contribution in [3.63, 3.8) is 0 Å². The highest BCUT2D eigenvalue weighted by Gasteiger charge is 2.36. The van der Waals surface area contributed by atoms with E-state index in [4.69, 9.17) is 5.11 Å². The van der Waals surface area contributed by atoms with Crippen molar-refractivity contribution in [1.29, 1.82) is 0 Å². The van der Waals surface area contributed by atoms with Crippen LogP contribution in [0.1, 0.15) is 126 Å². The molecule has 280 valence electrons. The Labute approximate surface area is 305 Å². The summed E-state index contributed by atoms with van der Waals surface area (Å²) >= 11 is 0. The third-order valence-electron chi connectivity index (χ3n) is 10.1. The number of aliphatic hydroxyl groups is 4. The molecule has 51 heavy (non-hydrogen) atoms. The molecule has 0 saturated heterocycles. The van der Waals surface area contributed by atoms with Crippen molar-refractivity contribution in [2.75, 3.05) is 6.61 Å². The smallest absolute Gasteiger partial charge is 0.303 e. The van der Waals surface area contributed by atoms with Gasteiger partial charge in [-0.3, -0.25) is 4.79 Å². The van der Waals surface area contributed by atoms with E-state index in [1.165, 1.54) is 0 Å². The van der Waals surface area contributed by atoms with Gasteiger partial charge in [-0.25, -0.2) is 0 Å². The number of nitrogens with one attached hydrogen (secondary N) is 1. The Bertz CT molecular complexity index is 1500. The van der Waals surface area contributed by atoms with Crippen LogP contribution in [-0.2, 0) is 23.2 Å². The fourth-order valence-electron chi connectivity index (χ4n) is 6.94. The summed E-state index contributed by atoms with van der Waals surface area (Å²) in [6.45, 7) is 5.55. The first-order chi connectivity index (χ1) is 24.5. The van der Waals surface area contributed by atoms with Gasteiger partial charge in [0.1, 0.15) is 11.4 Å². The number of phenolic OH excluding ortho intramolecular Hbond substituents is 1. The first kappa shape index (κ1) is 42.0. The summed E-state index contributed by atoms with van der Waals surface area (Å²) in [5.74, 6) is 6.08. The number of allylic oxidation sites excluding steroid dienone is 2. The van der Waals surface area contributed by atoms with Gasteiger partial charge in [-0.2, -0.15) is 0 Å². The molecule has 0 fully saturated rings. The van der Waals surface area contributed by atoms with Gasteiger partial charge in [0, 0.05) is 24.4 Å². The number of aryl methyl sites for hydroxylation is 2. The minimum atomic E-state index is -1.46. The molecule has 0 saturated carbocycles. The van der Waals surface area contributed by atoms with Gasteiger partial charge in [0.2, 0.25) is 0 Å². The van der Waals surface area contributed by atoms with E-state index in [-0.39, 0.29) is 31.1 Å². The summed E-state index contributed by atoms with van der Waals surface area (Å²) in [5, 5.41) is 67.5.